The minimum atomic E-state index is -0.626. The number of halogens is 2. The third kappa shape index (κ3) is 4.27. The van der Waals surface area contributed by atoms with Crippen molar-refractivity contribution in [2.45, 2.75) is 50.8 Å². The Morgan fingerprint density at radius 2 is 2.18 bits per heavy atom. The number of carbonyl (C=O) groups is 1. The second kappa shape index (κ2) is 7.91. The number of thioether (sulfide) groups is 1. The van der Waals surface area contributed by atoms with Gasteiger partial charge in [0.05, 0.1) is 5.69 Å². The highest BCUT2D eigenvalue weighted by Crippen LogP contribution is 2.35. The van der Waals surface area contributed by atoms with Gasteiger partial charge in [-0.3, -0.25) is 0 Å². The van der Waals surface area contributed by atoms with E-state index in [2.05, 4.69) is 15.3 Å². The number of likely N-dealkylation sites (tertiary alicyclic amines) is 1. The van der Waals surface area contributed by atoms with Gasteiger partial charge in [0.25, 0.3) is 0 Å². The van der Waals surface area contributed by atoms with Crippen molar-refractivity contribution in [1.29, 1.82) is 0 Å². The minimum absolute atomic E-state index is 0.0188. The molecular formula is C19H24ClFN4O2S. The van der Waals surface area contributed by atoms with Crippen LogP contribution in [0, 0.1) is 12.7 Å². The van der Waals surface area contributed by atoms with Crippen molar-refractivity contribution in [3.05, 3.63) is 22.7 Å². The first-order valence-electron chi connectivity index (χ1n) is 9.03. The molecule has 1 saturated heterocycles. The predicted molar refractivity (Wildman–Crippen MR) is 111 cm³/mol. The fourth-order valence-electron chi connectivity index (χ4n) is 3.20. The number of pyridine rings is 2. The lowest BCUT2D eigenvalue weighted by atomic mass is 10.1. The normalized spacial score (nSPS) is 17.2. The number of nitrogens with zero attached hydrogens (tertiary/aromatic N) is 3. The van der Waals surface area contributed by atoms with Crippen molar-refractivity contribution in [2.75, 3.05) is 24.7 Å². The summed E-state index contributed by atoms with van der Waals surface area (Å²) in [6, 6.07) is 0.0188. The van der Waals surface area contributed by atoms with Crippen LogP contribution < -0.4 is 5.32 Å². The van der Waals surface area contributed by atoms with E-state index in [1.165, 1.54) is 18.0 Å². The Balaban J connectivity index is 1.88. The Morgan fingerprint density at radius 3 is 2.82 bits per heavy atom. The Labute approximate surface area is 173 Å². The van der Waals surface area contributed by atoms with E-state index in [0.717, 1.165) is 22.7 Å². The van der Waals surface area contributed by atoms with Gasteiger partial charge in [0, 0.05) is 36.3 Å². The van der Waals surface area contributed by atoms with Gasteiger partial charge in [-0.2, -0.15) is 0 Å². The molecular weight excluding hydrogens is 403 g/mol. The number of carbonyl (C=O) groups excluding carboxylic acids is 1. The van der Waals surface area contributed by atoms with E-state index in [1.807, 2.05) is 34.0 Å². The molecule has 2 aromatic rings. The smallest absolute Gasteiger partial charge is 0.410 e. The maximum absolute atomic E-state index is 14.5. The largest absolute Gasteiger partial charge is 0.444 e. The SMILES string of the molecule is CSc1nc2c(F)c(Cl)ncc2c(NC2CCN(C(=O)OC(C)(C)C)C2)c1C. The zero-order valence-corrected chi connectivity index (χ0v) is 18.2. The molecule has 1 atom stereocenters. The fraction of sp³-hybridized carbons (Fsp3) is 0.526. The first-order chi connectivity index (χ1) is 13.1. The molecule has 2 aromatic heterocycles. The molecule has 6 nitrogen and oxygen atoms in total. The summed E-state index contributed by atoms with van der Waals surface area (Å²) >= 11 is 7.28. The van der Waals surface area contributed by atoms with E-state index >= 15 is 0 Å². The van der Waals surface area contributed by atoms with E-state index in [9.17, 15) is 9.18 Å². The van der Waals surface area contributed by atoms with Crippen LogP contribution in [0.3, 0.4) is 0 Å². The third-order valence-corrected chi connectivity index (χ3v) is 5.56. The highest BCUT2D eigenvalue weighted by molar-refractivity contribution is 7.98. The van der Waals surface area contributed by atoms with E-state index in [1.54, 1.807) is 4.90 Å². The van der Waals surface area contributed by atoms with Gasteiger partial charge in [-0.1, -0.05) is 11.6 Å². The molecule has 1 fully saturated rings. The molecule has 1 unspecified atom stereocenters. The molecule has 152 valence electrons. The number of ether oxygens (including phenoxy) is 1. The average molecular weight is 427 g/mol. The summed E-state index contributed by atoms with van der Waals surface area (Å²) in [7, 11) is 0. The molecule has 0 radical (unpaired) electrons. The van der Waals surface area contributed by atoms with Gasteiger partial charge >= 0.3 is 6.09 Å². The molecule has 3 heterocycles. The van der Waals surface area contributed by atoms with Gasteiger partial charge < -0.3 is 15.0 Å². The second-order valence-electron chi connectivity index (χ2n) is 7.80. The van der Waals surface area contributed by atoms with Crippen LogP contribution in [-0.2, 0) is 4.74 Å². The van der Waals surface area contributed by atoms with Crippen LogP contribution in [0.5, 0.6) is 0 Å². The van der Waals surface area contributed by atoms with Crippen molar-refractivity contribution >= 4 is 46.0 Å². The molecule has 0 bridgehead atoms. The summed E-state index contributed by atoms with van der Waals surface area (Å²) in [6.07, 6.45) is 3.87. The number of amides is 1. The Kier molecular flexibility index (Phi) is 5.91. The van der Waals surface area contributed by atoms with Crippen LogP contribution in [0.2, 0.25) is 5.15 Å². The van der Waals surface area contributed by atoms with Gasteiger partial charge in [0.2, 0.25) is 0 Å². The van der Waals surface area contributed by atoms with Crippen molar-refractivity contribution in [3.8, 4) is 0 Å². The standard InChI is InChI=1S/C19H24ClFN4O2S/c1-10-14(12-8-22-16(20)13(21)15(12)24-17(10)28-5)23-11-6-7-25(9-11)18(26)27-19(2,3)4/h8,11H,6-7,9H2,1-5H3,(H,23,24). The lowest BCUT2D eigenvalue weighted by Gasteiger charge is -2.25. The Hall–Kier alpha value is -1.80. The molecule has 0 aromatic carbocycles. The van der Waals surface area contributed by atoms with Crippen LogP contribution in [-0.4, -0.2) is 51.9 Å². The van der Waals surface area contributed by atoms with E-state index in [4.69, 9.17) is 16.3 Å². The molecule has 3 rings (SSSR count). The predicted octanol–water partition coefficient (Wildman–Crippen LogP) is 4.87. The van der Waals surface area contributed by atoms with Crippen LogP contribution >= 0.6 is 23.4 Å². The number of hydrogen-bond acceptors (Lipinski definition) is 6. The quantitative estimate of drug-likeness (QED) is 0.557. The molecule has 0 saturated carbocycles. The van der Waals surface area contributed by atoms with Crippen molar-refractivity contribution in [2.24, 2.45) is 0 Å². The van der Waals surface area contributed by atoms with Gasteiger partial charge in [-0.05, 0) is 40.4 Å². The number of nitrogens with one attached hydrogen (secondary N) is 1. The molecule has 0 aliphatic carbocycles. The summed E-state index contributed by atoms with van der Waals surface area (Å²) in [6.45, 7) is 8.59. The monoisotopic (exact) mass is 426 g/mol. The summed E-state index contributed by atoms with van der Waals surface area (Å²) in [5, 5.41) is 4.57. The Morgan fingerprint density at radius 1 is 1.46 bits per heavy atom. The first kappa shape index (κ1) is 20.9. The van der Waals surface area contributed by atoms with Crippen LogP contribution in [0.4, 0.5) is 14.9 Å². The molecule has 9 heteroatoms. The van der Waals surface area contributed by atoms with E-state index < -0.39 is 11.4 Å². The van der Waals surface area contributed by atoms with Crippen LogP contribution in [0.25, 0.3) is 10.9 Å². The maximum atomic E-state index is 14.5. The van der Waals surface area contributed by atoms with Crippen LogP contribution in [0.15, 0.2) is 11.2 Å². The lowest BCUT2D eigenvalue weighted by Crippen LogP contribution is -2.36. The van der Waals surface area contributed by atoms with Crippen molar-refractivity contribution < 1.29 is 13.9 Å². The topological polar surface area (TPSA) is 67.4 Å². The van der Waals surface area contributed by atoms with E-state index in [-0.39, 0.29) is 22.8 Å². The fourth-order valence-corrected chi connectivity index (χ4v) is 3.93. The van der Waals surface area contributed by atoms with Gasteiger partial charge in [0.15, 0.2) is 11.0 Å². The number of rotatable bonds is 3. The maximum Gasteiger partial charge on any atom is 0.410 e. The molecule has 28 heavy (non-hydrogen) atoms. The van der Waals surface area contributed by atoms with Crippen LogP contribution in [0.1, 0.15) is 32.8 Å². The average Bonchev–Trinajstić information content (AvgIpc) is 3.08. The highest BCUT2D eigenvalue weighted by Gasteiger charge is 2.30. The third-order valence-electron chi connectivity index (χ3n) is 4.51. The first-order valence-corrected chi connectivity index (χ1v) is 10.6. The second-order valence-corrected chi connectivity index (χ2v) is 8.96. The van der Waals surface area contributed by atoms with Gasteiger partial charge in [0.1, 0.15) is 16.1 Å². The number of aromatic nitrogens is 2. The summed E-state index contributed by atoms with van der Waals surface area (Å²) in [5.74, 6) is -0.626. The minimum Gasteiger partial charge on any atom is -0.444 e. The summed E-state index contributed by atoms with van der Waals surface area (Å²) < 4.78 is 20.0. The number of hydrogen-bond donors (Lipinski definition) is 1. The molecule has 1 aliphatic rings. The zero-order chi connectivity index (χ0) is 20.6. The number of fused-ring (bicyclic) bond motifs is 1. The number of anilines is 1. The van der Waals surface area contributed by atoms with Gasteiger partial charge in [-0.25, -0.2) is 19.2 Å². The Bertz CT molecular complexity index is 919. The highest BCUT2D eigenvalue weighted by atomic mass is 35.5. The molecule has 1 N–H and O–H groups in total. The summed E-state index contributed by atoms with van der Waals surface area (Å²) in [4.78, 5) is 22.3. The molecule has 0 spiro atoms. The lowest BCUT2D eigenvalue weighted by molar-refractivity contribution is 0.0293. The van der Waals surface area contributed by atoms with Crippen molar-refractivity contribution in [1.82, 2.24) is 14.9 Å². The molecule has 1 aliphatic heterocycles. The zero-order valence-electron chi connectivity index (χ0n) is 16.6. The van der Waals surface area contributed by atoms with E-state index in [0.29, 0.717) is 18.5 Å². The molecule has 1 amide bonds. The van der Waals surface area contributed by atoms with Crippen molar-refractivity contribution in [3.63, 3.8) is 0 Å². The van der Waals surface area contributed by atoms with Gasteiger partial charge in [-0.15, -0.1) is 11.8 Å². The summed E-state index contributed by atoms with van der Waals surface area (Å²) in [5.41, 5.74) is 1.35.